The molecule has 1 fully saturated rings. The summed E-state index contributed by atoms with van der Waals surface area (Å²) in [6.45, 7) is 3.36. The summed E-state index contributed by atoms with van der Waals surface area (Å²) in [5.74, 6) is -0.945. The number of aromatic nitrogens is 1. The highest BCUT2D eigenvalue weighted by Gasteiger charge is 2.12. The summed E-state index contributed by atoms with van der Waals surface area (Å²) < 4.78 is 5.43. The van der Waals surface area contributed by atoms with E-state index < -0.39 is 5.97 Å². The molecule has 4 rings (SSSR count). The number of hydrogen-bond acceptors (Lipinski definition) is 3. The second-order valence-electron chi connectivity index (χ2n) is 6.35. The summed E-state index contributed by atoms with van der Waals surface area (Å²) >= 11 is 0. The maximum atomic E-state index is 10.7. The molecule has 0 unspecified atom stereocenters. The van der Waals surface area contributed by atoms with Crippen LogP contribution in [0.15, 0.2) is 54.6 Å². The predicted octanol–water partition coefficient (Wildman–Crippen LogP) is 3.77. The summed E-state index contributed by atoms with van der Waals surface area (Å²) in [4.78, 5) is 16.5. The monoisotopic (exact) mass is 348 g/mol. The summed E-state index contributed by atoms with van der Waals surface area (Å²) in [6.07, 6.45) is 2.76. The zero-order chi connectivity index (χ0) is 17.9. The molecular formula is C21H20N2O3. The van der Waals surface area contributed by atoms with Gasteiger partial charge < -0.3 is 19.7 Å². The average molecular weight is 348 g/mol. The minimum Gasteiger partial charge on any atom is -0.478 e. The molecule has 0 atom stereocenters. The first-order valence-electron chi connectivity index (χ1n) is 8.66. The van der Waals surface area contributed by atoms with E-state index in [-0.39, 0.29) is 0 Å². The van der Waals surface area contributed by atoms with Gasteiger partial charge >= 0.3 is 5.97 Å². The van der Waals surface area contributed by atoms with Crippen LogP contribution >= 0.6 is 0 Å². The Morgan fingerprint density at radius 2 is 1.96 bits per heavy atom. The normalized spacial score (nSPS) is 15.0. The van der Waals surface area contributed by atoms with Gasteiger partial charge in [-0.3, -0.25) is 0 Å². The lowest BCUT2D eigenvalue weighted by Crippen LogP contribution is -2.36. The standard InChI is InChI=1S/C21H20N2O3/c24-21(25)7-5-15-4-6-19-17(12-15)14-20(22-19)16-2-1-3-18(13-16)23-8-10-26-11-9-23/h1-7,12-14,22H,8-11H2,(H,24,25)/b7-5+. The highest BCUT2D eigenvalue weighted by atomic mass is 16.5. The number of benzene rings is 2. The van der Waals surface area contributed by atoms with Crippen LogP contribution in [0.25, 0.3) is 28.2 Å². The molecule has 1 aliphatic rings. The first-order chi connectivity index (χ1) is 12.7. The topological polar surface area (TPSA) is 65.6 Å². The van der Waals surface area contributed by atoms with E-state index in [0.29, 0.717) is 0 Å². The van der Waals surface area contributed by atoms with Gasteiger partial charge in [0.05, 0.1) is 13.2 Å². The van der Waals surface area contributed by atoms with Crippen LogP contribution in [0.1, 0.15) is 5.56 Å². The number of anilines is 1. The zero-order valence-corrected chi connectivity index (χ0v) is 14.3. The van der Waals surface area contributed by atoms with Gasteiger partial charge in [-0.1, -0.05) is 18.2 Å². The Bertz CT molecular complexity index is 968. The lowest BCUT2D eigenvalue weighted by Gasteiger charge is -2.29. The number of hydrogen-bond donors (Lipinski definition) is 2. The van der Waals surface area contributed by atoms with E-state index >= 15 is 0 Å². The Hall–Kier alpha value is -3.05. The summed E-state index contributed by atoms with van der Waals surface area (Å²) in [6, 6.07) is 16.5. The van der Waals surface area contributed by atoms with Crippen LogP contribution in [-0.2, 0) is 9.53 Å². The first kappa shape index (κ1) is 16.4. The number of H-pyrrole nitrogens is 1. The number of morpholine rings is 1. The number of nitrogens with zero attached hydrogens (tertiary/aromatic N) is 1. The van der Waals surface area contributed by atoms with Crippen molar-refractivity contribution in [3.63, 3.8) is 0 Å². The zero-order valence-electron chi connectivity index (χ0n) is 14.3. The number of nitrogens with one attached hydrogen (secondary N) is 1. The molecule has 0 saturated carbocycles. The number of aromatic amines is 1. The predicted molar refractivity (Wildman–Crippen MR) is 103 cm³/mol. The maximum absolute atomic E-state index is 10.7. The fourth-order valence-electron chi connectivity index (χ4n) is 3.27. The number of carbonyl (C=O) groups is 1. The third-order valence-electron chi connectivity index (χ3n) is 4.60. The number of rotatable bonds is 4. The molecule has 5 nitrogen and oxygen atoms in total. The van der Waals surface area contributed by atoms with E-state index in [9.17, 15) is 4.79 Å². The van der Waals surface area contributed by atoms with E-state index in [1.807, 2.05) is 18.2 Å². The molecule has 26 heavy (non-hydrogen) atoms. The molecule has 0 aliphatic carbocycles. The molecule has 0 radical (unpaired) electrons. The van der Waals surface area contributed by atoms with Crippen molar-refractivity contribution in [3.05, 3.63) is 60.2 Å². The van der Waals surface area contributed by atoms with Crippen molar-refractivity contribution in [2.75, 3.05) is 31.2 Å². The lowest BCUT2D eigenvalue weighted by atomic mass is 10.1. The van der Waals surface area contributed by atoms with Gasteiger partial charge in [-0.2, -0.15) is 0 Å². The van der Waals surface area contributed by atoms with E-state index in [4.69, 9.17) is 9.84 Å². The molecule has 1 saturated heterocycles. The smallest absolute Gasteiger partial charge is 0.328 e. The molecular weight excluding hydrogens is 328 g/mol. The Morgan fingerprint density at radius 3 is 2.77 bits per heavy atom. The van der Waals surface area contributed by atoms with Crippen LogP contribution in [-0.4, -0.2) is 42.4 Å². The highest BCUT2D eigenvalue weighted by molar-refractivity contribution is 5.90. The SMILES string of the molecule is O=C(O)/C=C/c1ccc2[nH]c(-c3cccc(N4CCOCC4)c3)cc2c1. The van der Waals surface area contributed by atoms with Crippen LogP contribution in [0.4, 0.5) is 5.69 Å². The summed E-state index contributed by atoms with van der Waals surface area (Å²) in [5, 5.41) is 9.83. The Kier molecular flexibility index (Phi) is 4.46. The molecule has 1 aromatic heterocycles. The fraction of sp³-hybridized carbons (Fsp3) is 0.190. The summed E-state index contributed by atoms with van der Waals surface area (Å²) in [7, 11) is 0. The molecule has 2 heterocycles. The molecule has 3 aromatic rings. The quantitative estimate of drug-likeness (QED) is 0.705. The van der Waals surface area contributed by atoms with Gasteiger partial charge in [-0.05, 0) is 47.5 Å². The molecule has 5 heteroatoms. The third kappa shape index (κ3) is 3.48. The van der Waals surface area contributed by atoms with Gasteiger partial charge in [0.1, 0.15) is 0 Å². The molecule has 1 aliphatic heterocycles. The Morgan fingerprint density at radius 1 is 1.12 bits per heavy atom. The van der Waals surface area contributed by atoms with Gasteiger partial charge in [0.15, 0.2) is 0 Å². The van der Waals surface area contributed by atoms with Gasteiger partial charge in [0.2, 0.25) is 0 Å². The Balaban J connectivity index is 1.65. The van der Waals surface area contributed by atoms with Crippen molar-refractivity contribution in [1.29, 1.82) is 0 Å². The van der Waals surface area contributed by atoms with Crippen molar-refractivity contribution < 1.29 is 14.6 Å². The van der Waals surface area contributed by atoms with Crippen molar-refractivity contribution in [1.82, 2.24) is 4.98 Å². The minimum absolute atomic E-state index is 0.767. The molecule has 132 valence electrons. The molecule has 0 spiro atoms. The number of carboxylic acids is 1. The minimum atomic E-state index is -0.945. The van der Waals surface area contributed by atoms with Crippen molar-refractivity contribution in [3.8, 4) is 11.3 Å². The van der Waals surface area contributed by atoms with Crippen molar-refractivity contribution in [2.24, 2.45) is 0 Å². The molecule has 2 aromatic carbocycles. The van der Waals surface area contributed by atoms with Crippen LogP contribution in [0, 0.1) is 0 Å². The van der Waals surface area contributed by atoms with Gasteiger partial charge in [-0.25, -0.2) is 4.79 Å². The molecule has 0 amide bonds. The Labute approximate surface area is 151 Å². The van der Waals surface area contributed by atoms with Gasteiger partial charge in [0, 0.05) is 41.4 Å². The van der Waals surface area contributed by atoms with Crippen molar-refractivity contribution >= 4 is 28.6 Å². The first-order valence-corrected chi connectivity index (χ1v) is 8.66. The van der Waals surface area contributed by atoms with Crippen LogP contribution in [0.3, 0.4) is 0 Å². The number of fused-ring (bicyclic) bond motifs is 1. The van der Waals surface area contributed by atoms with Crippen LogP contribution in [0.5, 0.6) is 0 Å². The van der Waals surface area contributed by atoms with Crippen LogP contribution in [0.2, 0.25) is 0 Å². The van der Waals surface area contributed by atoms with Gasteiger partial charge in [-0.15, -0.1) is 0 Å². The second kappa shape index (κ2) is 7.06. The third-order valence-corrected chi connectivity index (χ3v) is 4.60. The number of aliphatic carboxylic acids is 1. The number of ether oxygens (including phenoxy) is 1. The molecule has 2 N–H and O–H groups in total. The van der Waals surface area contributed by atoms with Crippen LogP contribution < -0.4 is 4.90 Å². The van der Waals surface area contributed by atoms with E-state index in [2.05, 4.69) is 40.2 Å². The molecule has 0 bridgehead atoms. The average Bonchev–Trinajstić information content (AvgIpc) is 3.10. The fourth-order valence-corrected chi connectivity index (χ4v) is 3.27. The largest absolute Gasteiger partial charge is 0.478 e. The van der Waals surface area contributed by atoms with Gasteiger partial charge in [0.25, 0.3) is 0 Å². The van der Waals surface area contributed by atoms with E-state index in [0.717, 1.165) is 60.1 Å². The summed E-state index contributed by atoms with van der Waals surface area (Å²) in [5.41, 5.74) is 5.29. The number of carboxylic acid groups (broad SMARTS) is 1. The van der Waals surface area contributed by atoms with E-state index in [1.54, 1.807) is 6.08 Å². The lowest BCUT2D eigenvalue weighted by molar-refractivity contribution is -0.131. The van der Waals surface area contributed by atoms with E-state index in [1.165, 1.54) is 5.69 Å². The maximum Gasteiger partial charge on any atom is 0.328 e. The second-order valence-corrected chi connectivity index (χ2v) is 6.35. The van der Waals surface area contributed by atoms with Crippen molar-refractivity contribution in [2.45, 2.75) is 0 Å². The highest BCUT2D eigenvalue weighted by Crippen LogP contribution is 2.28.